The van der Waals surface area contributed by atoms with E-state index in [-0.39, 0.29) is 11.9 Å². The number of carbonyl (C=O) groups is 1. The van der Waals surface area contributed by atoms with Gasteiger partial charge in [0.05, 0.1) is 18.3 Å². The molecule has 3 heterocycles. The zero-order valence-electron chi connectivity index (χ0n) is 18.4. The molecule has 4 rings (SSSR count). The Balaban J connectivity index is 1.41. The van der Waals surface area contributed by atoms with Gasteiger partial charge in [-0.2, -0.15) is 0 Å². The molecule has 0 radical (unpaired) electrons. The Morgan fingerprint density at radius 1 is 1.23 bits per heavy atom. The number of nitrogens with zero attached hydrogens (tertiary/aromatic N) is 2. The van der Waals surface area contributed by atoms with Crippen molar-refractivity contribution in [1.82, 2.24) is 20.2 Å². The Morgan fingerprint density at radius 2 is 2.00 bits per heavy atom. The van der Waals surface area contributed by atoms with Crippen LogP contribution in [-0.4, -0.2) is 47.6 Å². The molecular weight excluding hydrogens is 388 g/mol. The molecule has 0 bridgehead atoms. The first-order chi connectivity index (χ1) is 15.2. The Bertz CT molecular complexity index is 993. The molecule has 1 aliphatic rings. The Hall–Kier alpha value is -2.70. The summed E-state index contributed by atoms with van der Waals surface area (Å²) in [6.07, 6.45) is 4.24. The number of carbonyl (C=O) groups excluding carboxylic acids is 1. The molecule has 31 heavy (non-hydrogen) atoms. The van der Waals surface area contributed by atoms with Gasteiger partial charge in [0.15, 0.2) is 0 Å². The second kappa shape index (κ2) is 10.1. The van der Waals surface area contributed by atoms with Crippen molar-refractivity contribution in [2.45, 2.75) is 38.8 Å². The van der Waals surface area contributed by atoms with Crippen molar-refractivity contribution in [2.75, 3.05) is 26.8 Å². The maximum atomic E-state index is 12.4. The van der Waals surface area contributed by atoms with Crippen LogP contribution in [0, 0.1) is 12.8 Å². The monoisotopic (exact) mass is 420 g/mol. The number of para-hydroxylation sites is 1. The fourth-order valence-electron chi connectivity index (χ4n) is 4.60. The van der Waals surface area contributed by atoms with Crippen LogP contribution in [0.25, 0.3) is 10.9 Å². The van der Waals surface area contributed by atoms with Crippen LogP contribution in [0.2, 0.25) is 0 Å². The fraction of sp³-hybridized carbons (Fsp3) is 0.440. The minimum absolute atomic E-state index is 0.0219. The number of hydrogen-bond donors (Lipinski definition) is 2. The van der Waals surface area contributed by atoms with Crippen molar-refractivity contribution in [3.63, 3.8) is 0 Å². The first-order valence-electron chi connectivity index (χ1n) is 11.1. The minimum Gasteiger partial charge on any atom is -0.384 e. The largest absolute Gasteiger partial charge is 0.384 e. The molecule has 164 valence electrons. The maximum absolute atomic E-state index is 12.4. The number of H-pyrrole nitrogens is 1. The van der Waals surface area contributed by atoms with Gasteiger partial charge in [0.25, 0.3) is 0 Å². The molecule has 6 nitrogen and oxygen atoms in total. The number of pyridine rings is 1. The van der Waals surface area contributed by atoms with E-state index in [0.29, 0.717) is 18.9 Å². The third kappa shape index (κ3) is 5.14. The fourth-order valence-corrected chi connectivity index (χ4v) is 4.60. The number of benzene rings is 1. The zero-order valence-corrected chi connectivity index (χ0v) is 18.4. The van der Waals surface area contributed by atoms with Gasteiger partial charge in [-0.1, -0.05) is 24.3 Å². The van der Waals surface area contributed by atoms with Gasteiger partial charge in [0.2, 0.25) is 5.91 Å². The summed E-state index contributed by atoms with van der Waals surface area (Å²) < 4.78 is 5.06. The van der Waals surface area contributed by atoms with Crippen LogP contribution in [0.1, 0.15) is 42.3 Å². The number of likely N-dealkylation sites (tertiary alicyclic amines) is 1. The van der Waals surface area contributed by atoms with Gasteiger partial charge < -0.3 is 15.0 Å². The molecular formula is C25H32N4O2. The number of amides is 1. The lowest BCUT2D eigenvalue weighted by molar-refractivity contribution is -0.123. The maximum Gasteiger partial charge on any atom is 0.222 e. The first-order valence-corrected chi connectivity index (χ1v) is 11.1. The highest BCUT2D eigenvalue weighted by Crippen LogP contribution is 2.31. The first kappa shape index (κ1) is 21.5. The second-order valence-corrected chi connectivity index (χ2v) is 8.43. The molecule has 1 saturated heterocycles. The third-order valence-electron chi connectivity index (χ3n) is 6.41. The Morgan fingerprint density at radius 3 is 2.71 bits per heavy atom. The summed E-state index contributed by atoms with van der Waals surface area (Å²) in [5.74, 6) is 0.398. The summed E-state index contributed by atoms with van der Waals surface area (Å²) >= 11 is 0. The molecule has 3 aromatic rings. The van der Waals surface area contributed by atoms with Crippen LogP contribution < -0.4 is 5.32 Å². The topological polar surface area (TPSA) is 70.2 Å². The van der Waals surface area contributed by atoms with Crippen LogP contribution in [0.15, 0.2) is 48.7 Å². The summed E-state index contributed by atoms with van der Waals surface area (Å²) in [4.78, 5) is 23.1. The highest BCUT2D eigenvalue weighted by Gasteiger charge is 2.30. The molecule has 0 spiro atoms. The lowest BCUT2D eigenvalue weighted by Gasteiger charge is -2.36. The normalized spacial score (nSPS) is 16.5. The van der Waals surface area contributed by atoms with Crippen LogP contribution in [0.4, 0.5) is 0 Å². The predicted molar refractivity (Wildman–Crippen MR) is 123 cm³/mol. The number of aromatic nitrogens is 2. The molecule has 1 fully saturated rings. The average Bonchev–Trinajstić information content (AvgIpc) is 3.12. The smallest absolute Gasteiger partial charge is 0.222 e. The Labute approximate surface area is 184 Å². The molecule has 6 heteroatoms. The number of piperidine rings is 1. The van der Waals surface area contributed by atoms with Crippen LogP contribution >= 0.6 is 0 Å². The number of nitrogens with one attached hydrogen (secondary N) is 2. The third-order valence-corrected chi connectivity index (χ3v) is 6.41. The molecule has 1 aliphatic heterocycles. The highest BCUT2D eigenvalue weighted by molar-refractivity contribution is 5.84. The molecule has 0 aliphatic carbocycles. The van der Waals surface area contributed by atoms with Gasteiger partial charge in [-0.3, -0.25) is 14.7 Å². The van der Waals surface area contributed by atoms with Gasteiger partial charge in [-0.25, -0.2) is 0 Å². The number of hydrogen-bond acceptors (Lipinski definition) is 4. The van der Waals surface area contributed by atoms with Gasteiger partial charge in [-0.15, -0.1) is 0 Å². The van der Waals surface area contributed by atoms with Crippen molar-refractivity contribution in [3.05, 3.63) is 65.6 Å². The van der Waals surface area contributed by atoms with E-state index in [4.69, 9.17) is 4.74 Å². The second-order valence-electron chi connectivity index (χ2n) is 8.43. The average molecular weight is 421 g/mol. The quantitative estimate of drug-likeness (QED) is 0.578. The predicted octanol–water partition coefficient (Wildman–Crippen LogP) is 3.98. The molecule has 1 amide bonds. The van der Waals surface area contributed by atoms with Crippen LogP contribution in [0.5, 0.6) is 0 Å². The number of ether oxygens (including phenoxy) is 1. The molecule has 2 N–H and O–H groups in total. The number of fused-ring (bicyclic) bond motifs is 1. The van der Waals surface area contributed by atoms with Crippen molar-refractivity contribution in [2.24, 2.45) is 5.92 Å². The number of methoxy groups -OCH3 is 1. The summed E-state index contributed by atoms with van der Waals surface area (Å²) in [5, 5.41) is 4.53. The van der Waals surface area contributed by atoms with Gasteiger partial charge in [0.1, 0.15) is 0 Å². The number of aryl methyl sites for hydroxylation is 1. The number of aromatic amines is 1. The minimum atomic E-state index is -0.0532. The van der Waals surface area contributed by atoms with Gasteiger partial charge >= 0.3 is 0 Å². The van der Waals surface area contributed by atoms with Crippen molar-refractivity contribution in [1.29, 1.82) is 0 Å². The number of rotatable bonds is 8. The van der Waals surface area contributed by atoms with E-state index >= 15 is 0 Å². The van der Waals surface area contributed by atoms with E-state index in [0.717, 1.165) is 38.2 Å². The SMILES string of the molecule is COCCC(=O)NC(c1ccccn1)C1CCN(Cc2[nH]c3ccccc3c2C)CC1. The lowest BCUT2D eigenvalue weighted by atomic mass is 9.87. The highest BCUT2D eigenvalue weighted by atomic mass is 16.5. The summed E-state index contributed by atoms with van der Waals surface area (Å²) in [5.41, 5.74) is 4.79. The lowest BCUT2D eigenvalue weighted by Crippen LogP contribution is -2.41. The Kier molecular flexibility index (Phi) is 6.99. The summed E-state index contributed by atoms with van der Waals surface area (Å²) in [6, 6.07) is 14.4. The van der Waals surface area contributed by atoms with Crippen molar-refractivity contribution >= 4 is 16.8 Å². The molecule has 0 saturated carbocycles. The molecule has 1 atom stereocenters. The van der Waals surface area contributed by atoms with E-state index in [2.05, 4.69) is 51.4 Å². The van der Waals surface area contributed by atoms with E-state index in [9.17, 15) is 4.79 Å². The van der Waals surface area contributed by atoms with E-state index < -0.39 is 0 Å². The van der Waals surface area contributed by atoms with Gasteiger partial charge in [-0.05, 0) is 62.5 Å². The van der Waals surface area contributed by atoms with Crippen LogP contribution in [-0.2, 0) is 16.1 Å². The van der Waals surface area contributed by atoms with Crippen molar-refractivity contribution < 1.29 is 9.53 Å². The van der Waals surface area contributed by atoms with E-state index in [1.165, 1.54) is 22.2 Å². The zero-order chi connectivity index (χ0) is 21.6. The summed E-state index contributed by atoms with van der Waals surface area (Å²) in [6.45, 7) is 5.59. The molecule has 2 aromatic heterocycles. The summed E-state index contributed by atoms with van der Waals surface area (Å²) in [7, 11) is 1.62. The van der Waals surface area contributed by atoms with Crippen molar-refractivity contribution in [3.8, 4) is 0 Å². The standard InChI is InChI=1S/C25H32N4O2/c1-18-20-7-3-4-8-21(20)27-23(18)17-29-14-10-19(11-15-29)25(22-9-5-6-13-26-22)28-24(30)12-16-31-2/h3-9,13,19,25,27H,10-12,14-17H2,1-2H3,(H,28,30). The van der Waals surface area contributed by atoms with Gasteiger partial charge in [0, 0.05) is 42.9 Å². The van der Waals surface area contributed by atoms with Crippen LogP contribution in [0.3, 0.4) is 0 Å². The van der Waals surface area contributed by atoms with E-state index in [1.807, 2.05) is 18.2 Å². The molecule has 1 unspecified atom stereocenters. The van der Waals surface area contributed by atoms with E-state index in [1.54, 1.807) is 13.3 Å². The molecule has 1 aromatic carbocycles.